The van der Waals surface area contributed by atoms with Crippen molar-refractivity contribution in [2.24, 2.45) is 4.36 Å². The van der Waals surface area contributed by atoms with Crippen molar-refractivity contribution in [2.45, 2.75) is 25.4 Å². The fraction of sp³-hybridized carbons (Fsp3) is 0.300. The van der Waals surface area contributed by atoms with E-state index in [1.54, 1.807) is 36.9 Å². The molecule has 29 heavy (non-hydrogen) atoms. The Kier molecular flexibility index (Phi) is 4.70. The van der Waals surface area contributed by atoms with Gasteiger partial charge in [0.05, 0.1) is 17.6 Å². The number of carbonyl (C=O) groups excluding carboxylic acids is 3. The fourth-order valence-electron chi connectivity index (χ4n) is 3.60. The molecule has 1 fully saturated rings. The van der Waals surface area contributed by atoms with Gasteiger partial charge in [0.1, 0.15) is 6.04 Å². The number of piperidine rings is 1. The number of nitrogens with one attached hydrogen (secondary N) is 1. The molecule has 0 spiro atoms. The third kappa shape index (κ3) is 3.91. The monoisotopic (exact) mass is 412 g/mol. The SMILES string of the molecule is CS(C)(=O)=Nc1ccc(-c2ccc3c(c2)CN(C2CCC(=O)NC2=O)C3=O)nc1. The van der Waals surface area contributed by atoms with E-state index in [1.807, 2.05) is 12.1 Å². The van der Waals surface area contributed by atoms with Crippen molar-refractivity contribution in [3.8, 4) is 11.3 Å². The van der Waals surface area contributed by atoms with E-state index in [-0.39, 0.29) is 18.2 Å². The molecule has 3 heterocycles. The lowest BCUT2D eigenvalue weighted by Gasteiger charge is -2.29. The van der Waals surface area contributed by atoms with Crippen LogP contribution in [0.15, 0.2) is 40.9 Å². The molecule has 0 saturated carbocycles. The largest absolute Gasteiger partial charge is 0.322 e. The number of pyridine rings is 1. The molecular weight excluding hydrogens is 392 g/mol. The van der Waals surface area contributed by atoms with Gasteiger partial charge in [-0.1, -0.05) is 6.07 Å². The van der Waals surface area contributed by atoms with Gasteiger partial charge in [0.2, 0.25) is 11.8 Å². The lowest BCUT2D eigenvalue weighted by molar-refractivity contribution is -0.136. The van der Waals surface area contributed by atoms with Crippen LogP contribution >= 0.6 is 0 Å². The maximum atomic E-state index is 12.8. The van der Waals surface area contributed by atoms with Crippen LogP contribution in [0.5, 0.6) is 0 Å². The van der Waals surface area contributed by atoms with Crippen LogP contribution in [0.1, 0.15) is 28.8 Å². The molecule has 150 valence electrons. The minimum absolute atomic E-state index is 0.205. The van der Waals surface area contributed by atoms with Gasteiger partial charge in [-0.25, -0.2) is 4.21 Å². The van der Waals surface area contributed by atoms with Gasteiger partial charge >= 0.3 is 0 Å². The number of hydrogen-bond donors (Lipinski definition) is 1. The summed E-state index contributed by atoms with van der Waals surface area (Å²) < 4.78 is 15.9. The molecule has 2 aromatic rings. The number of fused-ring (bicyclic) bond motifs is 1. The number of imide groups is 1. The molecule has 4 rings (SSSR count). The van der Waals surface area contributed by atoms with E-state index >= 15 is 0 Å². The molecule has 0 bridgehead atoms. The third-order valence-electron chi connectivity index (χ3n) is 4.89. The summed E-state index contributed by atoms with van der Waals surface area (Å²) in [7, 11) is -2.26. The van der Waals surface area contributed by atoms with Gasteiger partial charge in [-0.05, 0) is 36.2 Å². The number of amides is 3. The summed E-state index contributed by atoms with van der Waals surface area (Å²) in [5.41, 5.74) is 3.46. The van der Waals surface area contributed by atoms with E-state index in [0.717, 1.165) is 11.1 Å². The van der Waals surface area contributed by atoms with Crippen molar-refractivity contribution in [3.63, 3.8) is 0 Å². The molecule has 2 aliphatic heterocycles. The molecule has 1 saturated heterocycles. The van der Waals surface area contributed by atoms with Crippen LogP contribution in [-0.2, 0) is 25.9 Å². The smallest absolute Gasteiger partial charge is 0.255 e. The minimum atomic E-state index is -2.26. The summed E-state index contributed by atoms with van der Waals surface area (Å²) in [5.74, 6) is -0.934. The van der Waals surface area contributed by atoms with E-state index in [0.29, 0.717) is 29.9 Å². The van der Waals surface area contributed by atoms with Crippen LogP contribution in [0.4, 0.5) is 5.69 Å². The molecule has 1 atom stereocenters. The molecule has 2 aliphatic rings. The molecule has 0 aliphatic carbocycles. The molecule has 1 aromatic carbocycles. The summed E-state index contributed by atoms with van der Waals surface area (Å²) in [6.07, 6.45) is 5.25. The van der Waals surface area contributed by atoms with Crippen LogP contribution < -0.4 is 5.32 Å². The van der Waals surface area contributed by atoms with Gasteiger partial charge in [0.25, 0.3) is 5.91 Å². The first kappa shape index (κ1) is 19.3. The lowest BCUT2D eigenvalue weighted by Crippen LogP contribution is -2.52. The van der Waals surface area contributed by atoms with E-state index in [2.05, 4.69) is 14.7 Å². The number of nitrogens with zero attached hydrogens (tertiary/aromatic N) is 3. The Labute approximate surface area is 168 Å². The average molecular weight is 412 g/mol. The van der Waals surface area contributed by atoms with Crippen molar-refractivity contribution < 1.29 is 18.6 Å². The normalized spacial score (nSPS) is 19.2. The Bertz CT molecular complexity index is 1140. The van der Waals surface area contributed by atoms with Gasteiger partial charge in [0.15, 0.2) is 0 Å². The number of aromatic nitrogens is 1. The predicted octanol–water partition coefficient (Wildman–Crippen LogP) is 1.87. The van der Waals surface area contributed by atoms with E-state index in [1.165, 1.54) is 4.90 Å². The maximum absolute atomic E-state index is 12.8. The van der Waals surface area contributed by atoms with E-state index in [9.17, 15) is 18.6 Å². The number of rotatable bonds is 3. The second kappa shape index (κ2) is 7.07. The standard InChI is InChI=1S/C20H20N4O4S/c1-29(2,28)23-14-4-6-16(21-10-14)12-3-5-15-13(9-12)11-24(20(15)27)17-7-8-18(25)22-19(17)26/h3-6,9-10,17H,7-8,11H2,1-2H3,(H,22,25,26). The Hall–Kier alpha value is -3.07. The van der Waals surface area contributed by atoms with Crippen molar-refractivity contribution >= 4 is 33.1 Å². The minimum Gasteiger partial charge on any atom is -0.322 e. The first-order valence-electron chi connectivity index (χ1n) is 9.12. The Morgan fingerprint density at radius 1 is 1.17 bits per heavy atom. The topological polar surface area (TPSA) is 109 Å². The van der Waals surface area contributed by atoms with Gasteiger partial charge in [-0.15, -0.1) is 0 Å². The number of benzene rings is 1. The Morgan fingerprint density at radius 2 is 1.97 bits per heavy atom. The summed E-state index contributed by atoms with van der Waals surface area (Å²) >= 11 is 0. The molecule has 3 amide bonds. The zero-order valence-electron chi connectivity index (χ0n) is 16.0. The second-order valence-electron chi connectivity index (χ2n) is 7.45. The van der Waals surface area contributed by atoms with Crippen molar-refractivity contribution in [2.75, 3.05) is 12.5 Å². The maximum Gasteiger partial charge on any atom is 0.255 e. The van der Waals surface area contributed by atoms with E-state index < -0.39 is 21.7 Å². The fourth-order valence-corrected chi connectivity index (χ4v) is 4.21. The summed E-state index contributed by atoms with van der Waals surface area (Å²) in [4.78, 5) is 42.2. The van der Waals surface area contributed by atoms with Crippen molar-refractivity contribution in [3.05, 3.63) is 47.7 Å². The molecule has 1 aromatic heterocycles. The van der Waals surface area contributed by atoms with Gasteiger partial charge in [0, 0.05) is 46.3 Å². The highest BCUT2D eigenvalue weighted by Gasteiger charge is 2.39. The first-order chi connectivity index (χ1) is 13.7. The number of carbonyl (C=O) groups is 3. The molecule has 1 N–H and O–H groups in total. The van der Waals surface area contributed by atoms with Crippen LogP contribution in [0.25, 0.3) is 11.3 Å². The zero-order valence-corrected chi connectivity index (χ0v) is 16.9. The Morgan fingerprint density at radius 3 is 2.62 bits per heavy atom. The second-order valence-corrected chi connectivity index (χ2v) is 9.99. The summed E-state index contributed by atoms with van der Waals surface area (Å²) in [5, 5.41) is 2.30. The molecule has 1 unspecified atom stereocenters. The predicted molar refractivity (Wildman–Crippen MR) is 108 cm³/mol. The lowest BCUT2D eigenvalue weighted by atomic mass is 10.0. The van der Waals surface area contributed by atoms with Gasteiger partial charge in [-0.2, -0.15) is 4.36 Å². The van der Waals surface area contributed by atoms with Crippen molar-refractivity contribution in [1.82, 2.24) is 15.2 Å². The van der Waals surface area contributed by atoms with E-state index in [4.69, 9.17) is 0 Å². The van der Waals surface area contributed by atoms with Gasteiger partial charge in [-0.3, -0.25) is 24.7 Å². The molecule has 0 radical (unpaired) electrons. The van der Waals surface area contributed by atoms with Crippen LogP contribution in [0.2, 0.25) is 0 Å². The third-order valence-corrected chi connectivity index (χ3v) is 5.54. The highest BCUT2D eigenvalue weighted by molar-refractivity contribution is 7.92. The van der Waals surface area contributed by atoms with Crippen LogP contribution in [0.3, 0.4) is 0 Å². The highest BCUT2D eigenvalue weighted by atomic mass is 32.2. The molecule has 8 nitrogen and oxygen atoms in total. The molecular formula is C20H20N4O4S. The van der Waals surface area contributed by atoms with Crippen LogP contribution in [0, 0.1) is 0 Å². The average Bonchev–Trinajstić information content (AvgIpc) is 2.97. The Balaban J connectivity index is 1.58. The highest BCUT2D eigenvalue weighted by Crippen LogP contribution is 2.31. The summed E-state index contributed by atoms with van der Waals surface area (Å²) in [6, 6.07) is 8.36. The van der Waals surface area contributed by atoms with Crippen molar-refractivity contribution in [1.29, 1.82) is 0 Å². The van der Waals surface area contributed by atoms with Crippen LogP contribution in [-0.4, -0.2) is 50.4 Å². The first-order valence-corrected chi connectivity index (χ1v) is 11.5. The quantitative estimate of drug-likeness (QED) is 0.774. The number of hydrogen-bond acceptors (Lipinski definition) is 6. The molecule has 9 heteroatoms. The summed E-state index contributed by atoms with van der Waals surface area (Å²) in [6.45, 7) is 0.315. The zero-order chi connectivity index (χ0) is 20.8. The van der Waals surface area contributed by atoms with Gasteiger partial charge < -0.3 is 4.90 Å².